The van der Waals surface area contributed by atoms with Crippen LogP contribution in [0.5, 0.6) is 0 Å². The third-order valence-corrected chi connectivity index (χ3v) is 4.28. The molecule has 0 saturated heterocycles. The van der Waals surface area contributed by atoms with E-state index in [0.29, 0.717) is 0 Å². The molecule has 0 fully saturated rings. The van der Waals surface area contributed by atoms with Crippen molar-refractivity contribution < 1.29 is 0 Å². The lowest BCUT2D eigenvalue weighted by atomic mass is 10.2. The third-order valence-electron chi connectivity index (χ3n) is 2.79. The summed E-state index contributed by atoms with van der Waals surface area (Å²) < 4.78 is 2.27. The molecule has 0 bridgehead atoms. The van der Waals surface area contributed by atoms with Gasteiger partial charge in [0, 0.05) is 23.4 Å². The number of nitrogens with one attached hydrogen (secondary N) is 1. The first-order valence-electron chi connectivity index (χ1n) is 6.00. The van der Waals surface area contributed by atoms with Gasteiger partial charge in [0.25, 0.3) is 0 Å². The zero-order valence-electron chi connectivity index (χ0n) is 10.1. The number of aromatic nitrogens is 2. The zero-order chi connectivity index (χ0) is 13.1. The van der Waals surface area contributed by atoms with Gasteiger partial charge in [0.05, 0.1) is 10.2 Å². The Labute approximate surface area is 123 Å². The second-order valence-electron chi connectivity index (χ2n) is 4.16. The molecule has 0 unspecified atom stereocenters. The minimum absolute atomic E-state index is 0.880. The van der Waals surface area contributed by atoms with Gasteiger partial charge in [-0.05, 0) is 42.3 Å². The molecule has 5 heteroatoms. The number of pyridine rings is 1. The largest absolute Gasteiger partial charge is 0.361 e. The monoisotopic (exact) mass is 333 g/mol. The summed E-state index contributed by atoms with van der Waals surface area (Å²) in [6, 6.07) is 10.3. The molecule has 96 valence electrons. The maximum atomic E-state index is 4.57. The molecule has 0 aliphatic rings. The molecule has 0 amide bonds. The topological polar surface area (TPSA) is 37.8 Å². The summed E-state index contributed by atoms with van der Waals surface area (Å²) in [6.07, 6.45) is 4.62. The Morgan fingerprint density at radius 3 is 2.84 bits per heavy atom. The van der Waals surface area contributed by atoms with Crippen LogP contribution in [0.25, 0.3) is 10.2 Å². The second kappa shape index (κ2) is 5.67. The maximum Gasteiger partial charge on any atom is 0.183 e. The Morgan fingerprint density at radius 1 is 1.16 bits per heavy atom. The number of anilines is 1. The number of fused-ring (bicyclic) bond motifs is 1. The van der Waals surface area contributed by atoms with Crippen molar-refractivity contribution in [2.45, 2.75) is 6.42 Å². The fraction of sp³-hybridized carbons (Fsp3) is 0.143. The van der Waals surface area contributed by atoms with Crippen molar-refractivity contribution in [1.29, 1.82) is 0 Å². The average molecular weight is 334 g/mol. The molecule has 1 N–H and O–H groups in total. The van der Waals surface area contributed by atoms with Crippen molar-refractivity contribution in [3.8, 4) is 0 Å². The van der Waals surface area contributed by atoms with E-state index in [-0.39, 0.29) is 0 Å². The lowest BCUT2D eigenvalue weighted by molar-refractivity contribution is 1.01. The van der Waals surface area contributed by atoms with Crippen LogP contribution in [0.2, 0.25) is 0 Å². The van der Waals surface area contributed by atoms with Gasteiger partial charge < -0.3 is 5.32 Å². The Bertz CT molecular complexity index is 681. The number of hydrogen-bond acceptors (Lipinski definition) is 4. The molecule has 0 spiro atoms. The van der Waals surface area contributed by atoms with Crippen molar-refractivity contribution in [3.63, 3.8) is 0 Å². The van der Waals surface area contributed by atoms with Crippen molar-refractivity contribution in [1.82, 2.24) is 9.97 Å². The molecule has 0 atom stereocenters. The molecule has 1 aromatic carbocycles. The van der Waals surface area contributed by atoms with E-state index in [4.69, 9.17) is 0 Å². The molecular formula is C14H12BrN3S. The summed E-state index contributed by atoms with van der Waals surface area (Å²) in [5.41, 5.74) is 2.32. The molecule has 3 aromatic rings. The van der Waals surface area contributed by atoms with Gasteiger partial charge in [-0.25, -0.2) is 4.98 Å². The van der Waals surface area contributed by atoms with Gasteiger partial charge in [-0.2, -0.15) is 0 Å². The summed E-state index contributed by atoms with van der Waals surface area (Å²) in [5.74, 6) is 0. The van der Waals surface area contributed by atoms with Crippen molar-refractivity contribution in [3.05, 3.63) is 52.8 Å². The van der Waals surface area contributed by atoms with Gasteiger partial charge in [-0.3, -0.25) is 4.98 Å². The van der Waals surface area contributed by atoms with E-state index in [2.05, 4.69) is 37.3 Å². The van der Waals surface area contributed by atoms with Crippen molar-refractivity contribution >= 4 is 42.6 Å². The van der Waals surface area contributed by atoms with Crippen LogP contribution in [0.3, 0.4) is 0 Å². The minimum atomic E-state index is 0.880. The number of hydrogen-bond donors (Lipinski definition) is 1. The fourth-order valence-corrected chi connectivity index (χ4v) is 3.06. The van der Waals surface area contributed by atoms with E-state index in [0.717, 1.165) is 28.1 Å². The SMILES string of the molecule is Brc1ccc2sc(NCCc3ccncc3)nc2c1. The van der Waals surface area contributed by atoms with Crippen molar-refractivity contribution in [2.75, 3.05) is 11.9 Å². The number of halogens is 1. The number of rotatable bonds is 4. The molecular weight excluding hydrogens is 322 g/mol. The van der Waals surface area contributed by atoms with Crippen LogP contribution in [0, 0.1) is 0 Å². The highest BCUT2D eigenvalue weighted by atomic mass is 79.9. The van der Waals surface area contributed by atoms with Crippen LogP contribution in [0.1, 0.15) is 5.56 Å². The summed E-state index contributed by atoms with van der Waals surface area (Å²) in [6.45, 7) is 0.880. The Morgan fingerprint density at radius 2 is 2.00 bits per heavy atom. The lowest BCUT2D eigenvalue weighted by Gasteiger charge is -2.01. The highest BCUT2D eigenvalue weighted by Gasteiger charge is 2.03. The number of benzene rings is 1. The Hall–Kier alpha value is -1.46. The standard InChI is InChI=1S/C14H12BrN3S/c15-11-1-2-13-12(9-11)18-14(19-13)17-8-5-10-3-6-16-7-4-10/h1-4,6-7,9H,5,8H2,(H,17,18). The summed E-state index contributed by atoms with van der Waals surface area (Å²) >= 11 is 5.15. The predicted molar refractivity (Wildman–Crippen MR) is 83.8 cm³/mol. The van der Waals surface area contributed by atoms with Crippen LogP contribution < -0.4 is 5.32 Å². The van der Waals surface area contributed by atoms with Crippen LogP contribution in [-0.2, 0) is 6.42 Å². The highest BCUT2D eigenvalue weighted by Crippen LogP contribution is 2.28. The molecule has 0 saturated carbocycles. The van der Waals surface area contributed by atoms with E-state index >= 15 is 0 Å². The molecule has 19 heavy (non-hydrogen) atoms. The van der Waals surface area contributed by atoms with E-state index in [1.54, 1.807) is 11.3 Å². The van der Waals surface area contributed by atoms with Crippen LogP contribution in [0.4, 0.5) is 5.13 Å². The molecule has 2 aromatic heterocycles. The van der Waals surface area contributed by atoms with Crippen LogP contribution in [-0.4, -0.2) is 16.5 Å². The minimum Gasteiger partial charge on any atom is -0.361 e. The Kier molecular flexibility index (Phi) is 3.75. The molecule has 0 aliphatic heterocycles. The first-order valence-corrected chi connectivity index (χ1v) is 7.61. The summed E-state index contributed by atoms with van der Waals surface area (Å²) in [5, 5.41) is 4.35. The first kappa shape index (κ1) is 12.6. The molecule has 0 aliphatic carbocycles. The normalized spacial score (nSPS) is 10.8. The summed E-state index contributed by atoms with van der Waals surface area (Å²) in [4.78, 5) is 8.58. The van der Waals surface area contributed by atoms with Gasteiger partial charge in [0.15, 0.2) is 5.13 Å². The van der Waals surface area contributed by atoms with E-state index in [9.17, 15) is 0 Å². The molecule has 0 radical (unpaired) electrons. The highest BCUT2D eigenvalue weighted by molar-refractivity contribution is 9.10. The van der Waals surface area contributed by atoms with Gasteiger partial charge in [-0.1, -0.05) is 27.3 Å². The number of nitrogens with zero attached hydrogens (tertiary/aromatic N) is 2. The van der Waals surface area contributed by atoms with Gasteiger partial charge in [0.1, 0.15) is 0 Å². The Balaban J connectivity index is 1.65. The zero-order valence-corrected chi connectivity index (χ0v) is 12.5. The van der Waals surface area contributed by atoms with Gasteiger partial charge in [-0.15, -0.1) is 0 Å². The van der Waals surface area contributed by atoms with Gasteiger partial charge >= 0.3 is 0 Å². The van der Waals surface area contributed by atoms with Crippen molar-refractivity contribution in [2.24, 2.45) is 0 Å². The third kappa shape index (κ3) is 3.11. The molecule has 3 nitrogen and oxygen atoms in total. The van der Waals surface area contributed by atoms with Crippen LogP contribution in [0.15, 0.2) is 47.2 Å². The maximum absolute atomic E-state index is 4.57. The molecule has 2 heterocycles. The number of thiazole rings is 1. The first-order chi connectivity index (χ1) is 9.31. The fourth-order valence-electron chi connectivity index (χ4n) is 1.84. The van der Waals surface area contributed by atoms with E-state index in [1.165, 1.54) is 10.3 Å². The smallest absolute Gasteiger partial charge is 0.183 e. The van der Waals surface area contributed by atoms with E-state index < -0.39 is 0 Å². The lowest BCUT2D eigenvalue weighted by Crippen LogP contribution is -2.04. The quantitative estimate of drug-likeness (QED) is 0.780. The second-order valence-corrected chi connectivity index (χ2v) is 6.11. The predicted octanol–water partition coefficient (Wildman–Crippen LogP) is 4.11. The van der Waals surface area contributed by atoms with Gasteiger partial charge in [0.2, 0.25) is 0 Å². The van der Waals surface area contributed by atoms with E-state index in [1.807, 2.05) is 36.7 Å². The molecule has 3 rings (SSSR count). The average Bonchev–Trinajstić information content (AvgIpc) is 2.82. The van der Waals surface area contributed by atoms with Crippen LogP contribution >= 0.6 is 27.3 Å². The summed E-state index contributed by atoms with van der Waals surface area (Å²) in [7, 11) is 0.